The maximum atomic E-state index is 14.0. The van der Waals surface area contributed by atoms with Gasteiger partial charge in [-0.25, -0.2) is 19.6 Å². The minimum atomic E-state index is -0.682. The summed E-state index contributed by atoms with van der Waals surface area (Å²) in [6, 6.07) is 20.6. The molecule has 14 heteroatoms. The number of nitrogens with one attached hydrogen (secondary N) is 4. The summed E-state index contributed by atoms with van der Waals surface area (Å²) < 4.78 is 9.72. The molecule has 5 aromatic rings. The third-order valence-electron chi connectivity index (χ3n) is 16.9. The summed E-state index contributed by atoms with van der Waals surface area (Å²) in [5.74, 6) is 2.23. The molecule has 4 atom stereocenters. The Hall–Kier alpha value is -6.44. The first-order valence-electron chi connectivity index (χ1n) is 25.5. The summed E-state index contributed by atoms with van der Waals surface area (Å²) in [6.45, 7) is 9.10. The second-order valence-corrected chi connectivity index (χ2v) is 22.1. The second kappa shape index (κ2) is 17.8. The molecule has 2 spiro atoms. The third-order valence-corrected chi connectivity index (χ3v) is 16.9. The van der Waals surface area contributed by atoms with E-state index in [1.807, 2.05) is 49.9 Å². The molecule has 14 nitrogen and oxygen atoms in total. The van der Waals surface area contributed by atoms with Gasteiger partial charge in [-0.1, -0.05) is 88.4 Å². The van der Waals surface area contributed by atoms with Crippen LogP contribution in [-0.2, 0) is 19.1 Å². The zero-order chi connectivity index (χ0) is 48.6. The number of nitrogens with zero attached hydrogens (tertiary/aromatic N) is 4. The summed E-state index contributed by atoms with van der Waals surface area (Å²) in [7, 11) is 2.64. The van der Waals surface area contributed by atoms with Crippen LogP contribution in [0.25, 0.3) is 44.8 Å². The lowest BCUT2D eigenvalue weighted by Gasteiger charge is -2.41. The van der Waals surface area contributed by atoms with Crippen molar-refractivity contribution in [1.82, 2.24) is 40.4 Å². The molecule has 2 aliphatic heterocycles. The number of amides is 4. The van der Waals surface area contributed by atoms with Crippen LogP contribution in [0.4, 0.5) is 9.59 Å². The van der Waals surface area contributed by atoms with Gasteiger partial charge in [0, 0.05) is 13.1 Å². The van der Waals surface area contributed by atoms with E-state index in [-0.39, 0.29) is 46.6 Å². The molecule has 2 aromatic heterocycles. The fraction of sp³-hybridized carbons (Fsp3) is 0.500. The minimum Gasteiger partial charge on any atom is -0.453 e. The van der Waals surface area contributed by atoms with Crippen molar-refractivity contribution in [2.45, 2.75) is 128 Å². The number of methoxy groups -OCH3 is 2. The highest BCUT2D eigenvalue weighted by molar-refractivity contribution is 5.88. The Bertz CT molecular complexity index is 2620. The van der Waals surface area contributed by atoms with Gasteiger partial charge in [-0.05, 0) is 143 Å². The van der Waals surface area contributed by atoms with E-state index in [0.29, 0.717) is 24.9 Å². The van der Waals surface area contributed by atoms with Crippen LogP contribution in [0.1, 0.15) is 139 Å². The number of aromatic nitrogens is 4. The number of aromatic amines is 2. The van der Waals surface area contributed by atoms with E-state index in [4.69, 9.17) is 19.4 Å². The Kier molecular flexibility index (Phi) is 11.7. The molecule has 4 heterocycles. The molecule has 3 aromatic carbocycles. The summed E-state index contributed by atoms with van der Waals surface area (Å²) in [4.78, 5) is 73.3. The van der Waals surface area contributed by atoms with Crippen LogP contribution in [-0.4, -0.2) is 93.1 Å². The number of fused-ring (bicyclic) bond motifs is 2. The van der Waals surface area contributed by atoms with Gasteiger partial charge in [0.15, 0.2) is 0 Å². The van der Waals surface area contributed by atoms with Gasteiger partial charge in [-0.2, -0.15) is 0 Å². The van der Waals surface area contributed by atoms with Crippen molar-refractivity contribution >= 4 is 24.0 Å². The van der Waals surface area contributed by atoms with Crippen LogP contribution in [0, 0.1) is 22.7 Å². The van der Waals surface area contributed by atoms with Gasteiger partial charge in [0.1, 0.15) is 23.7 Å². The smallest absolute Gasteiger partial charge is 0.407 e. The van der Waals surface area contributed by atoms with E-state index in [1.54, 1.807) is 0 Å². The van der Waals surface area contributed by atoms with Gasteiger partial charge in [0.05, 0.1) is 50.1 Å². The van der Waals surface area contributed by atoms with E-state index in [1.165, 1.54) is 73.3 Å². The average Bonchev–Trinajstić information content (AvgIpc) is 3.95. The molecule has 5 fully saturated rings. The Labute approximate surface area is 410 Å². The average molecular weight is 947 g/mol. The molecule has 5 aliphatic carbocycles. The summed E-state index contributed by atoms with van der Waals surface area (Å²) in [5, 5.41) is 5.56. The van der Waals surface area contributed by atoms with Crippen molar-refractivity contribution in [2.24, 2.45) is 22.7 Å². The number of hydrogen-bond acceptors (Lipinski definition) is 8. The second-order valence-electron chi connectivity index (χ2n) is 22.1. The number of ether oxygens (including phenoxy) is 2. The molecule has 70 heavy (non-hydrogen) atoms. The number of rotatable bonds is 12. The minimum absolute atomic E-state index is 0.0946. The molecule has 1 unspecified atom stereocenters. The zero-order valence-corrected chi connectivity index (χ0v) is 41.3. The lowest BCUT2D eigenvalue weighted by Crippen LogP contribution is -2.51. The van der Waals surface area contributed by atoms with Crippen LogP contribution in [0.3, 0.4) is 0 Å². The van der Waals surface area contributed by atoms with Crippen LogP contribution in [0.15, 0.2) is 73.1 Å². The van der Waals surface area contributed by atoms with Crippen molar-refractivity contribution < 1.29 is 28.7 Å². The molecular formula is C56H66N8O6. The van der Waals surface area contributed by atoms with Gasteiger partial charge in [-0.3, -0.25) is 9.59 Å². The fourth-order valence-corrected chi connectivity index (χ4v) is 12.6. The molecule has 2 bridgehead atoms. The van der Waals surface area contributed by atoms with Crippen molar-refractivity contribution in [1.29, 1.82) is 0 Å². The van der Waals surface area contributed by atoms with Gasteiger partial charge >= 0.3 is 12.2 Å². The van der Waals surface area contributed by atoms with Crippen LogP contribution in [0.5, 0.6) is 0 Å². The highest BCUT2D eigenvalue weighted by Gasteiger charge is 2.56. The van der Waals surface area contributed by atoms with Crippen molar-refractivity contribution in [3.63, 3.8) is 0 Å². The number of carbonyl (C=O) groups is 4. The number of carbonyl (C=O) groups excluding carboxylic acids is 4. The largest absolute Gasteiger partial charge is 0.453 e. The topological polar surface area (TPSA) is 175 Å². The molecule has 4 amide bonds. The van der Waals surface area contributed by atoms with Gasteiger partial charge < -0.3 is 39.9 Å². The van der Waals surface area contributed by atoms with Gasteiger partial charge in [0.25, 0.3) is 0 Å². The number of likely N-dealkylation sites (tertiary alicyclic amines) is 2. The van der Waals surface area contributed by atoms with E-state index in [2.05, 4.69) is 81.3 Å². The Balaban J connectivity index is 0.822. The predicted molar refractivity (Wildman–Crippen MR) is 266 cm³/mol. The maximum Gasteiger partial charge on any atom is 0.407 e. The predicted octanol–water partition coefficient (Wildman–Crippen LogP) is 10.4. The normalized spacial score (nSPS) is 23.1. The maximum absolute atomic E-state index is 14.0. The highest BCUT2D eigenvalue weighted by atomic mass is 16.5. The van der Waals surface area contributed by atoms with E-state index >= 15 is 0 Å². The van der Waals surface area contributed by atoms with E-state index < -0.39 is 24.3 Å². The summed E-state index contributed by atoms with van der Waals surface area (Å²) >= 11 is 0. The lowest BCUT2D eigenvalue weighted by molar-refractivity contribution is -0.136. The van der Waals surface area contributed by atoms with E-state index in [9.17, 15) is 19.2 Å². The molecule has 7 aliphatic rings. The number of benzene rings is 3. The standard InChI is InChI=1S/C56H66N8O6/c1-31(2)47(61-53(67)69-5)51(65)63-29-55(21-22-55)25-43(63)49-57-27-41(59-49)35-11-7-33(8-12-35)39-19-20-40(46-38-17-15-37(16-18-38)45(39)46)34-9-13-36(14-10-34)42-28-58-50(60-42)44-26-56(23-24-56)30-64(44)52(66)48(32(3)4)62-54(68)70-6/h7-14,19-20,27-28,31-32,37-38,43-44,47-48H,15-18,21-26,29-30H2,1-6H3,(H,57,59)(H,58,60)(H,61,67)(H,62,68)/t37?,38?,43-,44?,47-,48-/m0/s1. The molecule has 3 saturated carbocycles. The van der Waals surface area contributed by atoms with Crippen molar-refractivity contribution in [2.75, 3.05) is 27.3 Å². The first-order valence-corrected chi connectivity index (χ1v) is 25.5. The number of hydrogen-bond donors (Lipinski definition) is 4. The SMILES string of the molecule is COC(=O)N[C@H](C(=O)N1CC2(CC2)CC1c1ncc(-c2ccc(-c3ccc(-c4ccc(-c5cnc([C@@H]6CC7(CC7)CN6C(=O)[C@@H](NC(=O)OC)C(C)C)[nH]5)cc4)c4c3C3CCC4CC3)cc2)[nH]1)C(C)C. The van der Waals surface area contributed by atoms with Crippen LogP contribution in [0.2, 0.25) is 0 Å². The lowest BCUT2D eigenvalue weighted by atomic mass is 9.63. The molecule has 4 N–H and O–H groups in total. The van der Waals surface area contributed by atoms with Crippen molar-refractivity contribution in [3.05, 3.63) is 95.8 Å². The van der Waals surface area contributed by atoms with Gasteiger partial charge in [0.2, 0.25) is 11.8 Å². The Morgan fingerprint density at radius 2 is 0.929 bits per heavy atom. The molecular weight excluding hydrogens is 881 g/mol. The number of alkyl carbamates (subject to hydrolysis) is 2. The highest BCUT2D eigenvalue weighted by Crippen LogP contribution is 2.60. The molecule has 2 saturated heterocycles. The third kappa shape index (κ3) is 8.34. The summed E-state index contributed by atoms with van der Waals surface area (Å²) in [5.41, 5.74) is 12.2. The number of imidazole rings is 2. The Morgan fingerprint density at radius 3 is 1.26 bits per heavy atom. The fourth-order valence-electron chi connectivity index (χ4n) is 12.6. The monoisotopic (exact) mass is 947 g/mol. The number of H-pyrrole nitrogens is 2. The Morgan fingerprint density at radius 1 is 0.571 bits per heavy atom. The molecule has 366 valence electrons. The van der Waals surface area contributed by atoms with Crippen molar-refractivity contribution in [3.8, 4) is 44.8 Å². The quantitative estimate of drug-likeness (QED) is 0.0956. The van der Waals surface area contributed by atoms with Crippen LogP contribution < -0.4 is 10.6 Å². The van der Waals surface area contributed by atoms with Crippen LogP contribution >= 0.6 is 0 Å². The summed E-state index contributed by atoms with van der Waals surface area (Å²) in [6.07, 6.45) is 13.5. The first kappa shape index (κ1) is 46.0. The van der Waals surface area contributed by atoms with E-state index in [0.717, 1.165) is 72.7 Å². The molecule has 0 radical (unpaired) electrons. The first-order chi connectivity index (χ1) is 33.8. The zero-order valence-electron chi connectivity index (χ0n) is 41.3. The molecule has 12 rings (SSSR count). The van der Waals surface area contributed by atoms with Gasteiger partial charge in [-0.15, -0.1) is 0 Å².